The Bertz CT molecular complexity index is 617. The minimum atomic E-state index is -0.609. The van der Waals surface area contributed by atoms with Gasteiger partial charge in [-0.3, -0.25) is 0 Å². The van der Waals surface area contributed by atoms with E-state index >= 15 is 0 Å². The van der Waals surface area contributed by atoms with Crippen molar-refractivity contribution in [1.29, 1.82) is 0 Å². The van der Waals surface area contributed by atoms with Gasteiger partial charge in [-0.1, -0.05) is 24.3 Å². The molecule has 0 aliphatic rings. The predicted octanol–water partition coefficient (Wildman–Crippen LogP) is 3.62. The van der Waals surface area contributed by atoms with Gasteiger partial charge in [0.2, 0.25) is 0 Å². The zero-order valence-corrected chi connectivity index (χ0v) is 13.7. The average molecular weight is 314 g/mol. The van der Waals surface area contributed by atoms with Crippen molar-refractivity contribution in [3.05, 3.63) is 59.7 Å². The second kappa shape index (κ2) is 8.22. The maximum Gasteiger partial charge on any atom is 0.347 e. The molecule has 2 aromatic carbocycles. The predicted molar refractivity (Wildman–Crippen MR) is 89.0 cm³/mol. The molecule has 2 aromatic rings. The summed E-state index contributed by atoms with van der Waals surface area (Å²) in [5.74, 6) is 1.16. The summed E-state index contributed by atoms with van der Waals surface area (Å²) in [6.45, 7) is 3.81. The molecule has 0 amide bonds. The first-order chi connectivity index (χ1) is 11.1. The third kappa shape index (κ3) is 5.02. The van der Waals surface area contributed by atoms with Gasteiger partial charge in [0.15, 0.2) is 6.10 Å². The fraction of sp³-hybridized carbons (Fsp3) is 0.316. The van der Waals surface area contributed by atoms with Crippen molar-refractivity contribution in [2.75, 3.05) is 13.7 Å². The summed E-state index contributed by atoms with van der Waals surface area (Å²) in [5, 5.41) is 0. The highest BCUT2D eigenvalue weighted by atomic mass is 16.6. The van der Waals surface area contributed by atoms with Gasteiger partial charge in [0.25, 0.3) is 0 Å². The standard InChI is InChI=1S/C19H22O4/c1-4-22-19(20)14(2)23-18-11-7-16(8-12-18)13-15-5-9-17(21-3)10-6-15/h5-12,14H,4,13H2,1-3H3. The van der Waals surface area contributed by atoms with Crippen molar-refractivity contribution in [2.24, 2.45) is 0 Å². The maximum atomic E-state index is 11.6. The van der Waals surface area contributed by atoms with Gasteiger partial charge in [-0.05, 0) is 55.7 Å². The van der Waals surface area contributed by atoms with Crippen LogP contribution in [0.25, 0.3) is 0 Å². The van der Waals surface area contributed by atoms with Crippen molar-refractivity contribution in [1.82, 2.24) is 0 Å². The van der Waals surface area contributed by atoms with E-state index in [1.807, 2.05) is 48.5 Å². The lowest BCUT2D eigenvalue weighted by Crippen LogP contribution is -2.26. The van der Waals surface area contributed by atoms with Crippen LogP contribution in [0.15, 0.2) is 48.5 Å². The molecule has 0 radical (unpaired) electrons. The highest BCUT2D eigenvalue weighted by molar-refractivity contribution is 5.74. The third-order valence-corrected chi connectivity index (χ3v) is 3.42. The first kappa shape index (κ1) is 16.9. The quantitative estimate of drug-likeness (QED) is 0.732. The van der Waals surface area contributed by atoms with Crippen LogP contribution >= 0.6 is 0 Å². The van der Waals surface area contributed by atoms with Crippen molar-refractivity contribution in [3.8, 4) is 11.5 Å². The van der Waals surface area contributed by atoms with Crippen LogP contribution in [0.1, 0.15) is 25.0 Å². The molecule has 0 N–H and O–H groups in total. The van der Waals surface area contributed by atoms with E-state index in [0.717, 1.165) is 12.2 Å². The molecule has 1 unspecified atom stereocenters. The fourth-order valence-electron chi connectivity index (χ4n) is 2.18. The average Bonchev–Trinajstić information content (AvgIpc) is 2.57. The molecular formula is C19H22O4. The molecule has 0 saturated heterocycles. The fourth-order valence-corrected chi connectivity index (χ4v) is 2.18. The Morgan fingerprint density at radius 2 is 1.48 bits per heavy atom. The van der Waals surface area contributed by atoms with E-state index in [0.29, 0.717) is 12.4 Å². The van der Waals surface area contributed by atoms with Gasteiger partial charge in [-0.15, -0.1) is 0 Å². The molecule has 4 heteroatoms. The lowest BCUT2D eigenvalue weighted by molar-refractivity contribution is -0.150. The van der Waals surface area contributed by atoms with Crippen LogP contribution in [0.5, 0.6) is 11.5 Å². The minimum Gasteiger partial charge on any atom is -0.497 e. The number of hydrogen-bond donors (Lipinski definition) is 0. The second-order valence-corrected chi connectivity index (χ2v) is 5.18. The van der Waals surface area contributed by atoms with Crippen LogP contribution in [0.2, 0.25) is 0 Å². The Hall–Kier alpha value is -2.49. The van der Waals surface area contributed by atoms with E-state index in [1.165, 1.54) is 11.1 Å². The normalized spacial score (nSPS) is 11.6. The minimum absolute atomic E-state index is 0.352. The van der Waals surface area contributed by atoms with Crippen LogP contribution in [0.3, 0.4) is 0 Å². The molecule has 0 aliphatic carbocycles. The van der Waals surface area contributed by atoms with Crippen LogP contribution in [-0.4, -0.2) is 25.8 Å². The number of carbonyl (C=O) groups is 1. The van der Waals surface area contributed by atoms with Gasteiger partial charge in [0, 0.05) is 0 Å². The van der Waals surface area contributed by atoms with Crippen LogP contribution in [-0.2, 0) is 16.0 Å². The third-order valence-electron chi connectivity index (χ3n) is 3.42. The van der Waals surface area contributed by atoms with Crippen LogP contribution < -0.4 is 9.47 Å². The summed E-state index contributed by atoms with van der Waals surface area (Å²) < 4.78 is 15.7. The topological polar surface area (TPSA) is 44.8 Å². The molecule has 0 bridgehead atoms. The number of methoxy groups -OCH3 is 1. The zero-order chi connectivity index (χ0) is 16.7. The molecule has 0 aliphatic heterocycles. The molecule has 0 aromatic heterocycles. The van der Waals surface area contributed by atoms with Crippen molar-refractivity contribution in [2.45, 2.75) is 26.4 Å². The summed E-state index contributed by atoms with van der Waals surface area (Å²) in [5.41, 5.74) is 2.38. The molecule has 0 fully saturated rings. The molecule has 0 saturated carbocycles. The summed E-state index contributed by atoms with van der Waals surface area (Å²) in [4.78, 5) is 11.6. The highest BCUT2D eigenvalue weighted by Gasteiger charge is 2.15. The second-order valence-electron chi connectivity index (χ2n) is 5.18. The molecule has 23 heavy (non-hydrogen) atoms. The van der Waals surface area contributed by atoms with Crippen LogP contribution in [0, 0.1) is 0 Å². The Morgan fingerprint density at radius 3 is 1.96 bits per heavy atom. The van der Waals surface area contributed by atoms with Gasteiger partial charge >= 0.3 is 5.97 Å². The first-order valence-corrected chi connectivity index (χ1v) is 7.67. The molecule has 0 heterocycles. The molecule has 1 atom stereocenters. The number of ether oxygens (including phenoxy) is 3. The van der Waals surface area contributed by atoms with E-state index in [-0.39, 0.29) is 5.97 Å². The lowest BCUT2D eigenvalue weighted by atomic mass is 10.0. The van der Waals surface area contributed by atoms with E-state index in [4.69, 9.17) is 14.2 Å². The van der Waals surface area contributed by atoms with Gasteiger partial charge in [0.1, 0.15) is 11.5 Å². The summed E-state index contributed by atoms with van der Waals surface area (Å²) >= 11 is 0. The summed E-state index contributed by atoms with van der Waals surface area (Å²) in [6, 6.07) is 15.7. The largest absolute Gasteiger partial charge is 0.497 e. The lowest BCUT2D eigenvalue weighted by Gasteiger charge is -2.13. The SMILES string of the molecule is CCOC(=O)C(C)Oc1ccc(Cc2ccc(OC)cc2)cc1. The van der Waals surface area contributed by atoms with Crippen molar-refractivity contribution in [3.63, 3.8) is 0 Å². The summed E-state index contributed by atoms with van der Waals surface area (Å²) in [6.07, 6.45) is 0.222. The maximum absolute atomic E-state index is 11.6. The molecule has 122 valence electrons. The number of carbonyl (C=O) groups excluding carboxylic acids is 1. The smallest absolute Gasteiger partial charge is 0.347 e. The van der Waals surface area contributed by atoms with Gasteiger partial charge < -0.3 is 14.2 Å². The Labute approximate surface area is 137 Å². The first-order valence-electron chi connectivity index (χ1n) is 7.67. The monoisotopic (exact) mass is 314 g/mol. The Balaban J connectivity index is 1.94. The van der Waals surface area contributed by atoms with Gasteiger partial charge in [-0.25, -0.2) is 4.79 Å². The molecular weight excluding hydrogens is 292 g/mol. The number of esters is 1. The van der Waals surface area contributed by atoms with Crippen molar-refractivity contribution < 1.29 is 19.0 Å². The van der Waals surface area contributed by atoms with Gasteiger partial charge in [-0.2, -0.15) is 0 Å². The highest BCUT2D eigenvalue weighted by Crippen LogP contribution is 2.18. The Kier molecular flexibility index (Phi) is 6.03. The van der Waals surface area contributed by atoms with E-state index in [1.54, 1.807) is 21.0 Å². The number of benzene rings is 2. The number of rotatable bonds is 7. The molecule has 4 nitrogen and oxygen atoms in total. The van der Waals surface area contributed by atoms with E-state index in [9.17, 15) is 4.79 Å². The molecule has 0 spiro atoms. The molecule has 2 rings (SSSR count). The van der Waals surface area contributed by atoms with Gasteiger partial charge in [0.05, 0.1) is 13.7 Å². The van der Waals surface area contributed by atoms with E-state index < -0.39 is 6.10 Å². The van der Waals surface area contributed by atoms with E-state index in [2.05, 4.69) is 0 Å². The van der Waals surface area contributed by atoms with Crippen molar-refractivity contribution >= 4 is 5.97 Å². The zero-order valence-electron chi connectivity index (χ0n) is 13.7. The Morgan fingerprint density at radius 1 is 0.957 bits per heavy atom. The summed E-state index contributed by atoms with van der Waals surface area (Å²) in [7, 11) is 1.66. The van der Waals surface area contributed by atoms with Crippen LogP contribution in [0.4, 0.5) is 0 Å². The number of hydrogen-bond acceptors (Lipinski definition) is 4.